The van der Waals surface area contributed by atoms with E-state index < -0.39 is 93.6 Å². The van der Waals surface area contributed by atoms with Crippen LogP contribution in [0.1, 0.15) is 24.2 Å². The highest BCUT2D eigenvalue weighted by Gasteiger charge is 2.78. The van der Waals surface area contributed by atoms with Gasteiger partial charge in [0.2, 0.25) is 5.85 Å². The van der Waals surface area contributed by atoms with Crippen LogP contribution in [0.2, 0.25) is 0 Å². The molecule has 292 valence electrons. The molecule has 24 heteroatoms. The number of benzene rings is 1. The predicted molar refractivity (Wildman–Crippen MR) is 135 cm³/mol. The van der Waals surface area contributed by atoms with Gasteiger partial charge in [0.15, 0.2) is 11.5 Å². The monoisotopic (exact) mass is 768 g/mol. The molecule has 0 aromatic heterocycles. The van der Waals surface area contributed by atoms with E-state index in [0.717, 1.165) is 25.3 Å². The van der Waals surface area contributed by atoms with Gasteiger partial charge in [-0.1, -0.05) is 0 Å². The molecule has 50 heavy (non-hydrogen) atoms. The summed E-state index contributed by atoms with van der Waals surface area (Å²) in [7, 11) is 1.28. The van der Waals surface area contributed by atoms with Gasteiger partial charge in [-0.3, -0.25) is 9.47 Å². The lowest BCUT2D eigenvalue weighted by atomic mass is 10.2. The van der Waals surface area contributed by atoms with E-state index in [1.54, 1.807) is 0 Å². The minimum absolute atomic E-state index is 0.185. The van der Waals surface area contributed by atoms with Crippen molar-refractivity contribution in [3.05, 3.63) is 23.8 Å². The third kappa shape index (κ3) is 11.3. The number of methoxy groups -OCH3 is 3. The summed E-state index contributed by atoms with van der Waals surface area (Å²) in [5, 5.41) is 0. The Labute approximate surface area is 273 Å². The van der Waals surface area contributed by atoms with Crippen LogP contribution >= 0.6 is 0 Å². The predicted octanol–water partition coefficient (Wildman–Crippen LogP) is 6.60. The molecular weight excluding hydrogens is 738 g/mol. The summed E-state index contributed by atoms with van der Waals surface area (Å²) >= 11 is 0. The van der Waals surface area contributed by atoms with Crippen LogP contribution in [-0.2, 0) is 33.2 Å². The molecule has 0 aliphatic heterocycles. The number of ether oxygens (including phenoxy) is 9. The minimum Gasteiger partial charge on any atom is -0.487 e. The maximum absolute atomic E-state index is 14.5. The normalized spacial score (nSPS) is 18.0. The molecule has 0 bridgehead atoms. The Bertz CT molecular complexity index is 1240. The first-order valence-electron chi connectivity index (χ1n) is 13.3. The molecule has 0 aliphatic rings. The summed E-state index contributed by atoms with van der Waals surface area (Å²) in [5.74, 6) is -20.6. The summed E-state index contributed by atoms with van der Waals surface area (Å²) in [6.07, 6.45) is -24.6. The van der Waals surface area contributed by atoms with E-state index in [2.05, 4.69) is 28.4 Å². The highest BCUT2D eigenvalue weighted by Crippen LogP contribution is 2.50. The second kappa shape index (κ2) is 16.6. The Morgan fingerprint density at radius 2 is 1.14 bits per heavy atom. The Kier molecular flexibility index (Phi) is 15.0. The van der Waals surface area contributed by atoms with Crippen molar-refractivity contribution in [3.63, 3.8) is 0 Å². The highest BCUT2D eigenvalue weighted by atomic mass is 19.4. The second-order valence-corrected chi connectivity index (χ2v) is 9.94. The molecule has 0 saturated carbocycles. The maximum Gasteiger partial charge on any atom is 0.457 e. The number of carbonyl (C=O) groups excluding carboxylic acids is 1. The molecule has 0 fully saturated rings. The summed E-state index contributed by atoms with van der Waals surface area (Å²) in [5.41, 5.74) is -0.185. The molecule has 0 spiro atoms. The Morgan fingerprint density at radius 3 is 1.60 bits per heavy atom. The number of alkyl halides is 14. The number of rotatable bonds is 21. The van der Waals surface area contributed by atoms with Crippen LogP contribution in [0.25, 0.3) is 0 Å². The van der Waals surface area contributed by atoms with Crippen molar-refractivity contribution in [2.24, 2.45) is 0 Å². The van der Waals surface area contributed by atoms with Crippen LogP contribution in [0.4, 0.5) is 61.5 Å². The van der Waals surface area contributed by atoms with Crippen molar-refractivity contribution in [1.82, 2.24) is 0 Å². The minimum atomic E-state index is -6.69. The van der Waals surface area contributed by atoms with Crippen molar-refractivity contribution < 1.29 is 109 Å². The van der Waals surface area contributed by atoms with Crippen molar-refractivity contribution in [2.75, 3.05) is 61.0 Å². The van der Waals surface area contributed by atoms with E-state index in [0.29, 0.717) is 14.0 Å². The smallest absolute Gasteiger partial charge is 0.457 e. The van der Waals surface area contributed by atoms with Crippen LogP contribution in [0.3, 0.4) is 0 Å². The molecule has 4 atom stereocenters. The molecule has 0 amide bonds. The largest absolute Gasteiger partial charge is 0.487 e. The number of carbonyl (C=O) groups is 1. The van der Waals surface area contributed by atoms with E-state index in [-0.39, 0.29) is 31.1 Å². The van der Waals surface area contributed by atoms with E-state index in [1.807, 2.05) is 0 Å². The first kappa shape index (κ1) is 45.1. The van der Waals surface area contributed by atoms with Gasteiger partial charge in [-0.15, -0.1) is 0 Å². The lowest BCUT2D eigenvalue weighted by molar-refractivity contribution is -0.503. The van der Waals surface area contributed by atoms with Crippen LogP contribution < -0.4 is 9.47 Å². The fourth-order valence-corrected chi connectivity index (χ4v) is 3.21. The van der Waals surface area contributed by atoms with Gasteiger partial charge in [0.05, 0.1) is 25.9 Å². The summed E-state index contributed by atoms with van der Waals surface area (Å²) < 4.78 is 227. The number of halogens is 14. The van der Waals surface area contributed by atoms with E-state index in [4.69, 9.17) is 14.2 Å². The Balaban J connectivity index is 2.92. The summed E-state index contributed by atoms with van der Waals surface area (Å²) in [6, 6.07) is 3.06. The average Bonchev–Trinajstić information content (AvgIpc) is 2.98. The highest BCUT2D eigenvalue weighted by molar-refractivity contribution is 5.90. The zero-order valence-corrected chi connectivity index (χ0v) is 26.3. The van der Waals surface area contributed by atoms with E-state index in [1.165, 1.54) is 0 Å². The first-order chi connectivity index (χ1) is 22.6. The van der Waals surface area contributed by atoms with E-state index in [9.17, 15) is 66.3 Å². The third-order valence-corrected chi connectivity index (χ3v) is 5.96. The van der Waals surface area contributed by atoms with Gasteiger partial charge >= 0.3 is 42.2 Å². The molecule has 1 aromatic carbocycles. The molecular formula is C26H30F14O10. The molecule has 0 N–H and O–H groups in total. The van der Waals surface area contributed by atoms with Gasteiger partial charge in [0.25, 0.3) is 5.85 Å². The fourth-order valence-electron chi connectivity index (χ4n) is 3.21. The van der Waals surface area contributed by atoms with Gasteiger partial charge in [0, 0.05) is 21.1 Å². The molecule has 0 radical (unpaired) electrons. The van der Waals surface area contributed by atoms with Gasteiger partial charge in [-0.25, -0.2) is 13.6 Å². The molecule has 0 heterocycles. The van der Waals surface area contributed by atoms with Crippen LogP contribution in [-0.4, -0.2) is 115 Å². The maximum atomic E-state index is 14.5. The quantitative estimate of drug-likeness (QED) is 0.0773. The van der Waals surface area contributed by atoms with Crippen molar-refractivity contribution in [3.8, 4) is 11.5 Å². The Morgan fingerprint density at radius 1 is 0.620 bits per heavy atom. The van der Waals surface area contributed by atoms with Crippen molar-refractivity contribution >= 4 is 5.97 Å². The van der Waals surface area contributed by atoms with Crippen molar-refractivity contribution in [2.45, 2.75) is 61.8 Å². The molecule has 1 aromatic rings. The van der Waals surface area contributed by atoms with Gasteiger partial charge in [-0.2, -0.15) is 52.7 Å². The second-order valence-electron chi connectivity index (χ2n) is 9.94. The molecule has 1 rings (SSSR count). The van der Waals surface area contributed by atoms with Crippen LogP contribution in [0.5, 0.6) is 11.5 Å². The zero-order valence-electron chi connectivity index (χ0n) is 26.3. The van der Waals surface area contributed by atoms with E-state index >= 15 is 0 Å². The lowest BCUT2D eigenvalue weighted by Crippen LogP contribution is -2.63. The van der Waals surface area contributed by atoms with Gasteiger partial charge in [-0.05, 0) is 25.1 Å². The van der Waals surface area contributed by atoms with Gasteiger partial charge in [0.1, 0.15) is 26.4 Å². The number of hydrogen-bond acceptors (Lipinski definition) is 10. The van der Waals surface area contributed by atoms with Crippen LogP contribution in [0.15, 0.2) is 18.2 Å². The SMILES string of the molecule is COC(=O)c1ccc(OCCOCC(F)(OC(F)(F)C(F)(OC)C(F)(F)F)C(F)(F)F)c(OCCOCC(C)(F)OC(F)(F)C(C)(F)OC)c1. The third-order valence-electron chi connectivity index (χ3n) is 5.96. The average molecular weight is 768 g/mol. The molecule has 10 nitrogen and oxygen atoms in total. The molecule has 0 aliphatic carbocycles. The van der Waals surface area contributed by atoms with Crippen molar-refractivity contribution in [1.29, 1.82) is 0 Å². The first-order valence-corrected chi connectivity index (χ1v) is 13.3. The summed E-state index contributed by atoms with van der Waals surface area (Å²) in [6.45, 7) is -6.14. The summed E-state index contributed by atoms with van der Waals surface area (Å²) in [4.78, 5) is 11.9. The standard InChI is InChI=1S/C26H30F14O10/c1-19(27,49-25(37,38)20(2,28)43-4)13-45-8-11-48-17-12-15(18(41)42-3)6-7-16(17)47-10-9-46-14-21(29,23(31,32)33)50-26(39,40)22(30,44-5)24(34,35)36/h6-7,12H,8-11,13-14H2,1-5H3. The topological polar surface area (TPSA) is 100 Å². The zero-order chi connectivity index (χ0) is 39.0. The molecule has 4 unspecified atom stereocenters. The fraction of sp³-hybridized carbons (Fsp3) is 0.731. The number of hydrogen-bond donors (Lipinski definition) is 0. The lowest BCUT2D eigenvalue weighted by Gasteiger charge is -2.37. The molecule has 0 saturated heterocycles. The van der Waals surface area contributed by atoms with Crippen LogP contribution in [0, 0.1) is 0 Å². The Hall–Kier alpha value is -2.93. The van der Waals surface area contributed by atoms with Gasteiger partial charge < -0.3 is 33.2 Å². The number of esters is 1.